The van der Waals surface area contributed by atoms with Crippen LogP contribution in [0, 0.1) is 11.8 Å². The molecule has 0 atom stereocenters. The molecule has 1 aliphatic carbocycles. The number of carbonyl (C=O) groups is 4. The number of carbonyl (C=O) groups excluding carboxylic acids is 3. The van der Waals surface area contributed by atoms with E-state index in [0.29, 0.717) is 37.0 Å². The smallest absolute Gasteiger partial charge is 0.343 e. The predicted molar refractivity (Wildman–Crippen MR) is 108 cm³/mol. The van der Waals surface area contributed by atoms with Gasteiger partial charge in [0, 0.05) is 0 Å². The lowest BCUT2D eigenvalue weighted by molar-refractivity contribution is -0.146. The van der Waals surface area contributed by atoms with Gasteiger partial charge in [-0.1, -0.05) is 0 Å². The summed E-state index contributed by atoms with van der Waals surface area (Å²) in [4.78, 5) is 47.0. The minimum atomic E-state index is -0.825. The van der Waals surface area contributed by atoms with Crippen molar-refractivity contribution in [2.75, 3.05) is 7.11 Å². The van der Waals surface area contributed by atoms with Crippen molar-refractivity contribution in [3.8, 4) is 11.5 Å². The molecular formula is C23H22O8. The average Bonchev–Trinajstić information content (AvgIpc) is 2.79. The number of rotatable bonds is 6. The molecule has 1 N–H and O–H groups in total. The lowest BCUT2D eigenvalue weighted by atomic mass is 9.82. The molecule has 0 spiro atoms. The minimum absolute atomic E-state index is 0.263. The van der Waals surface area contributed by atoms with Crippen LogP contribution in [0.4, 0.5) is 0 Å². The largest absolute Gasteiger partial charge is 0.481 e. The maximum absolute atomic E-state index is 12.3. The topological polar surface area (TPSA) is 116 Å². The molecule has 0 radical (unpaired) electrons. The van der Waals surface area contributed by atoms with Gasteiger partial charge in [-0.2, -0.15) is 0 Å². The number of aliphatic carboxylic acids is 1. The first kappa shape index (κ1) is 22.0. The molecule has 0 aliphatic heterocycles. The Morgan fingerprint density at radius 3 is 1.65 bits per heavy atom. The quantitative estimate of drug-likeness (QED) is 0.551. The van der Waals surface area contributed by atoms with Gasteiger partial charge in [-0.25, -0.2) is 9.59 Å². The van der Waals surface area contributed by atoms with Crippen molar-refractivity contribution >= 4 is 23.9 Å². The zero-order chi connectivity index (χ0) is 22.4. The fourth-order valence-electron chi connectivity index (χ4n) is 3.38. The summed E-state index contributed by atoms with van der Waals surface area (Å²) < 4.78 is 15.2. The number of hydrogen-bond acceptors (Lipinski definition) is 7. The molecule has 8 nitrogen and oxygen atoms in total. The maximum Gasteiger partial charge on any atom is 0.343 e. The van der Waals surface area contributed by atoms with E-state index < -0.39 is 29.8 Å². The van der Waals surface area contributed by atoms with E-state index in [4.69, 9.17) is 14.6 Å². The van der Waals surface area contributed by atoms with Crippen LogP contribution < -0.4 is 9.47 Å². The van der Waals surface area contributed by atoms with Crippen molar-refractivity contribution in [3.05, 3.63) is 59.7 Å². The van der Waals surface area contributed by atoms with Crippen molar-refractivity contribution in [2.24, 2.45) is 11.8 Å². The monoisotopic (exact) mass is 426 g/mol. The maximum atomic E-state index is 12.3. The van der Waals surface area contributed by atoms with E-state index >= 15 is 0 Å². The Balaban J connectivity index is 1.53. The molecule has 2 aromatic rings. The highest BCUT2D eigenvalue weighted by atomic mass is 16.5. The van der Waals surface area contributed by atoms with Crippen LogP contribution in [0.2, 0.25) is 0 Å². The molecule has 0 bridgehead atoms. The van der Waals surface area contributed by atoms with Gasteiger partial charge in [0.15, 0.2) is 0 Å². The lowest BCUT2D eigenvalue weighted by Gasteiger charge is -2.24. The lowest BCUT2D eigenvalue weighted by Crippen LogP contribution is -2.28. The molecule has 1 saturated carbocycles. The molecule has 1 aliphatic rings. The van der Waals surface area contributed by atoms with Crippen LogP contribution in [-0.2, 0) is 14.3 Å². The molecular weight excluding hydrogens is 404 g/mol. The number of esters is 3. The summed E-state index contributed by atoms with van der Waals surface area (Å²) in [5.74, 6) is -2.47. The van der Waals surface area contributed by atoms with Gasteiger partial charge in [-0.15, -0.1) is 0 Å². The highest BCUT2D eigenvalue weighted by Gasteiger charge is 2.30. The predicted octanol–water partition coefficient (Wildman–Crippen LogP) is 3.49. The first-order valence-corrected chi connectivity index (χ1v) is 9.82. The Kier molecular flexibility index (Phi) is 7.02. The van der Waals surface area contributed by atoms with E-state index in [1.54, 1.807) is 0 Å². The van der Waals surface area contributed by atoms with Gasteiger partial charge in [-0.3, -0.25) is 9.59 Å². The second-order valence-electron chi connectivity index (χ2n) is 7.24. The molecule has 0 amide bonds. The summed E-state index contributed by atoms with van der Waals surface area (Å²) in [5, 5.41) is 9.03. The molecule has 8 heteroatoms. The van der Waals surface area contributed by atoms with Crippen LogP contribution in [0.1, 0.15) is 46.4 Å². The zero-order valence-electron chi connectivity index (χ0n) is 16.9. The Labute approximate surface area is 178 Å². The van der Waals surface area contributed by atoms with E-state index in [2.05, 4.69) is 4.74 Å². The van der Waals surface area contributed by atoms with E-state index in [1.165, 1.54) is 55.6 Å². The third kappa shape index (κ3) is 5.69. The van der Waals surface area contributed by atoms with Gasteiger partial charge >= 0.3 is 23.9 Å². The molecule has 162 valence electrons. The van der Waals surface area contributed by atoms with Crippen molar-refractivity contribution in [1.29, 1.82) is 0 Å². The number of ether oxygens (including phenoxy) is 3. The molecule has 3 rings (SSSR count). The number of methoxy groups -OCH3 is 1. The van der Waals surface area contributed by atoms with Crippen LogP contribution >= 0.6 is 0 Å². The molecule has 2 aromatic carbocycles. The Morgan fingerprint density at radius 2 is 1.16 bits per heavy atom. The third-order valence-corrected chi connectivity index (χ3v) is 5.20. The summed E-state index contributed by atoms with van der Waals surface area (Å²) in [5.41, 5.74) is 0.601. The second kappa shape index (κ2) is 9.88. The summed E-state index contributed by atoms with van der Waals surface area (Å²) in [6.07, 6.45) is 1.88. The van der Waals surface area contributed by atoms with E-state index in [0.717, 1.165) is 0 Å². The van der Waals surface area contributed by atoms with Crippen LogP contribution in [0.5, 0.6) is 11.5 Å². The molecule has 0 aromatic heterocycles. The SMILES string of the molecule is COC(=O)c1ccc(OC(=O)c2ccc(OC(=O)C3CCC(C(=O)O)CC3)cc2)cc1. The van der Waals surface area contributed by atoms with E-state index in [9.17, 15) is 19.2 Å². The fraction of sp³-hybridized carbons (Fsp3) is 0.304. The van der Waals surface area contributed by atoms with Crippen LogP contribution in [0.25, 0.3) is 0 Å². The van der Waals surface area contributed by atoms with Gasteiger partial charge in [0.25, 0.3) is 0 Å². The van der Waals surface area contributed by atoms with Crippen LogP contribution in [-0.4, -0.2) is 36.1 Å². The zero-order valence-corrected chi connectivity index (χ0v) is 16.9. The van der Waals surface area contributed by atoms with Crippen molar-refractivity contribution in [3.63, 3.8) is 0 Å². The van der Waals surface area contributed by atoms with Crippen molar-refractivity contribution < 1.29 is 38.5 Å². The number of carboxylic acid groups (broad SMARTS) is 1. The Hall–Kier alpha value is -3.68. The van der Waals surface area contributed by atoms with Crippen molar-refractivity contribution in [2.45, 2.75) is 25.7 Å². The highest BCUT2D eigenvalue weighted by molar-refractivity contribution is 5.92. The van der Waals surface area contributed by atoms with E-state index in [-0.39, 0.29) is 17.2 Å². The van der Waals surface area contributed by atoms with Crippen molar-refractivity contribution in [1.82, 2.24) is 0 Å². The number of hydrogen-bond donors (Lipinski definition) is 1. The molecule has 31 heavy (non-hydrogen) atoms. The summed E-state index contributed by atoms with van der Waals surface area (Å²) in [6, 6.07) is 11.9. The standard InChI is InChI=1S/C23H22O8/c1-29-21(26)15-6-10-18(11-7-15)31-23(28)17-8-12-19(13-9-17)30-22(27)16-4-2-14(3-5-16)20(24)25/h6-14,16H,2-5H2,1H3,(H,24,25). The van der Waals surface area contributed by atoms with Gasteiger partial charge in [0.2, 0.25) is 0 Å². The highest BCUT2D eigenvalue weighted by Crippen LogP contribution is 2.30. The third-order valence-electron chi connectivity index (χ3n) is 5.20. The Morgan fingerprint density at radius 1 is 0.710 bits per heavy atom. The Bertz CT molecular complexity index is 954. The number of benzene rings is 2. The minimum Gasteiger partial charge on any atom is -0.481 e. The van der Waals surface area contributed by atoms with Crippen LogP contribution in [0.15, 0.2) is 48.5 Å². The summed E-state index contributed by atoms with van der Waals surface area (Å²) >= 11 is 0. The fourth-order valence-corrected chi connectivity index (χ4v) is 3.38. The number of carboxylic acids is 1. The van der Waals surface area contributed by atoms with Gasteiger partial charge < -0.3 is 19.3 Å². The van der Waals surface area contributed by atoms with Gasteiger partial charge in [-0.05, 0) is 74.2 Å². The normalized spacial score (nSPS) is 18.0. The van der Waals surface area contributed by atoms with E-state index in [1.807, 2.05) is 0 Å². The van der Waals surface area contributed by atoms with Gasteiger partial charge in [0.1, 0.15) is 11.5 Å². The summed E-state index contributed by atoms with van der Waals surface area (Å²) in [7, 11) is 1.28. The molecule has 0 heterocycles. The van der Waals surface area contributed by atoms with Gasteiger partial charge in [0.05, 0.1) is 30.1 Å². The first-order valence-electron chi connectivity index (χ1n) is 9.82. The first-order chi connectivity index (χ1) is 14.9. The molecule has 0 unspecified atom stereocenters. The van der Waals surface area contributed by atoms with Crippen LogP contribution in [0.3, 0.4) is 0 Å². The summed E-state index contributed by atoms with van der Waals surface area (Å²) in [6.45, 7) is 0. The average molecular weight is 426 g/mol. The second-order valence-corrected chi connectivity index (χ2v) is 7.24. The molecule has 1 fully saturated rings. The molecule has 0 saturated heterocycles.